The van der Waals surface area contributed by atoms with E-state index in [1.807, 2.05) is 4.83 Å². The fourth-order valence-electron chi connectivity index (χ4n) is 2.63. The van der Waals surface area contributed by atoms with E-state index in [-0.39, 0.29) is 17.1 Å². The van der Waals surface area contributed by atoms with Crippen molar-refractivity contribution < 1.29 is 32.6 Å². The zero-order valence-corrected chi connectivity index (χ0v) is 15.9. The van der Waals surface area contributed by atoms with Gasteiger partial charge in [-0.15, -0.1) is 4.83 Å². The molecule has 3 N–H and O–H groups in total. The number of amides is 1. The largest absolute Gasteiger partial charge is 0.485 e. The molecule has 3 rings (SSSR count). The number of carbonyl (C=O) groups excluding carboxylic acids is 1. The van der Waals surface area contributed by atoms with Crippen molar-refractivity contribution in [1.29, 1.82) is 0 Å². The molecular formula is C18H18N2O7S. The first-order chi connectivity index (χ1) is 13.2. The van der Waals surface area contributed by atoms with Crippen LogP contribution in [0.1, 0.15) is 21.5 Å². The minimum absolute atomic E-state index is 0.0861. The molecule has 0 fully saturated rings. The smallest absolute Gasteiger partial charge is 0.335 e. The van der Waals surface area contributed by atoms with E-state index >= 15 is 0 Å². The summed E-state index contributed by atoms with van der Waals surface area (Å²) in [7, 11) is -4.21. The van der Waals surface area contributed by atoms with E-state index in [9.17, 15) is 18.0 Å². The summed E-state index contributed by atoms with van der Waals surface area (Å²) in [6, 6.07) is 9.20. The third-order valence-corrected chi connectivity index (χ3v) is 5.64. The van der Waals surface area contributed by atoms with Gasteiger partial charge in [0.2, 0.25) is 6.10 Å². The summed E-state index contributed by atoms with van der Waals surface area (Å²) in [5, 5.41) is 9.14. The number of para-hydroxylation sites is 2. The minimum atomic E-state index is -4.21. The Labute approximate surface area is 161 Å². The van der Waals surface area contributed by atoms with E-state index in [1.165, 1.54) is 6.07 Å². The van der Waals surface area contributed by atoms with Crippen LogP contribution in [0.25, 0.3) is 0 Å². The Balaban J connectivity index is 1.74. The van der Waals surface area contributed by atoms with Crippen LogP contribution < -0.4 is 19.7 Å². The molecule has 0 spiro atoms. The van der Waals surface area contributed by atoms with E-state index in [0.717, 1.165) is 6.07 Å². The Kier molecular flexibility index (Phi) is 5.25. The molecule has 10 heteroatoms. The van der Waals surface area contributed by atoms with Gasteiger partial charge in [-0.05, 0) is 49.2 Å². The average molecular weight is 406 g/mol. The zero-order chi connectivity index (χ0) is 20.5. The molecule has 0 bridgehead atoms. The highest BCUT2D eigenvalue weighted by Gasteiger charge is 2.29. The molecule has 9 nitrogen and oxygen atoms in total. The van der Waals surface area contributed by atoms with Crippen molar-refractivity contribution in [2.24, 2.45) is 0 Å². The van der Waals surface area contributed by atoms with Crippen LogP contribution in [0.2, 0.25) is 0 Å². The average Bonchev–Trinajstić information content (AvgIpc) is 2.67. The molecule has 0 aliphatic carbocycles. The van der Waals surface area contributed by atoms with Crippen molar-refractivity contribution in [1.82, 2.24) is 10.3 Å². The van der Waals surface area contributed by atoms with Crippen LogP contribution in [-0.4, -0.2) is 38.1 Å². The van der Waals surface area contributed by atoms with E-state index in [1.54, 1.807) is 38.1 Å². The number of carboxylic acid groups (broad SMARTS) is 1. The third-order valence-electron chi connectivity index (χ3n) is 4.27. The summed E-state index contributed by atoms with van der Waals surface area (Å²) < 4.78 is 36.1. The number of carboxylic acids is 1. The van der Waals surface area contributed by atoms with Crippen LogP contribution in [0.5, 0.6) is 11.5 Å². The molecule has 148 valence electrons. The van der Waals surface area contributed by atoms with E-state index in [2.05, 4.69) is 5.43 Å². The van der Waals surface area contributed by atoms with E-state index in [4.69, 9.17) is 14.6 Å². The molecule has 1 aliphatic heterocycles. The van der Waals surface area contributed by atoms with E-state index in [0.29, 0.717) is 22.6 Å². The van der Waals surface area contributed by atoms with Crippen LogP contribution in [0.4, 0.5) is 0 Å². The minimum Gasteiger partial charge on any atom is -0.485 e. The summed E-state index contributed by atoms with van der Waals surface area (Å²) in [5.41, 5.74) is 2.78. The van der Waals surface area contributed by atoms with Crippen molar-refractivity contribution in [3.05, 3.63) is 53.1 Å². The SMILES string of the molecule is Cc1cc(C(=O)O)cc(S(=O)(=O)NNC(=O)[C@@H]2COc3ccccc3O2)c1C. The molecule has 28 heavy (non-hydrogen) atoms. The number of carbonyl (C=O) groups is 2. The van der Waals surface area contributed by atoms with Crippen molar-refractivity contribution in [3.63, 3.8) is 0 Å². The van der Waals surface area contributed by atoms with Gasteiger partial charge in [0.05, 0.1) is 10.5 Å². The lowest BCUT2D eigenvalue weighted by Crippen LogP contribution is -2.50. The highest BCUT2D eigenvalue weighted by Crippen LogP contribution is 2.30. The molecular weight excluding hydrogens is 388 g/mol. The van der Waals surface area contributed by atoms with Gasteiger partial charge in [-0.3, -0.25) is 10.2 Å². The van der Waals surface area contributed by atoms with Crippen LogP contribution in [0.3, 0.4) is 0 Å². The second-order valence-electron chi connectivity index (χ2n) is 6.18. The van der Waals surface area contributed by atoms with Gasteiger partial charge in [0, 0.05) is 0 Å². The van der Waals surface area contributed by atoms with Gasteiger partial charge in [-0.2, -0.15) is 0 Å². The normalized spacial score (nSPS) is 15.7. The number of sulfonamides is 1. The van der Waals surface area contributed by atoms with Crippen LogP contribution in [0.15, 0.2) is 41.3 Å². The fraction of sp³-hybridized carbons (Fsp3) is 0.222. The number of hydrazine groups is 1. The van der Waals surface area contributed by atoms with E-state index < -0.39 is 28.0 Å². The molecule has 0 unspecified atom stereocenters. The van der Waals surface area contributed by atoms with Gasteiger partial charge in [0.15, 0.2) is 11.5 Å². The quantitative estimate of drug-likeness (QED) is 0.635. The Morgan fingerprint density at radius 2 is 1.82 bits per heavy atom. The predicted molar refractivity (Wildman–Crippen MR) is 97.7 cm³/mol. The monoisotopic (exact) mass is 406 g/mol. The van der Waals surface area contributed by atoms with Gasteiger partial charge in [-0.1, -0.05) is 12.1 Å². The molecule has 1 aliphatic rings. The first kappa shape index (κ1) is 19.6. The van der Waals surface area contributed by atoms with Crippen LogP contribution >= 0.6 is 0 Å². The number of ether oxygens (including phenoxy) is 2. The second kappa shape index (κ2) is 7.49. The first-order valence-corrected chi connectivity index (χ1v) is 9.72. The summed E-state index contributed by atoms with van der Waals surface area (Å²) in [4.78, 5) is 25.2. The number of aryl methyl sites for hydroxylation is 1. The molecule has 0 saturated carbocycles. The Hall–Kier alpha value is -3.11. The van der Waals surface area contributed by atoms with Gasteiger partial charge >= 0.3 is 5.97 Å². The first-order valence-electron chi connectivity index (χ1n) is 8.24. The van der Waals surface area contributed by atoms with Crippen molar-refractivity contribution in [2.75, 3.05) is 6.61 Å². The summed E-state index contributed by atoms with van der Waals surface area (Å²) in [6.07, 6.45) is -1.05. The maximum absolute atomic E-state index is 12.6. The third kappa shape index (κ3) is 3.92. The molecule has 1 amide bonds. The maximum atomic E-state index is 12.6. The highest BCUT2D eigenvalue weighted by molar-refractivity contribution is 7.89. The molecule has 2 aromatic carbocycles. The molecule has 1 heterocycles. The van der Waals surface area contributed by atoms with Crippen LogP contribution in [0, 0.1) is 13.8 Å². The fourth-order valence-corrected chi connectivity index (χ4v) is 3.82. The Bertz CT molecular complexity index is 1050. The zero-order valence-electron chi connectivity index (χ0n) is 15.1. The topological polar surface area (TPSA) is 131 Å². The number of aromatic carboxylic acids is 1. The van der Waals surface area contributed by atoms with Gasteiger partial charge in [-0.25, -0.2) is 13.2 Å². The molecule has 1 atom stereocenters. The number of fused-ring (bicyclic) bond motifs is 1. The number of nitrogens with one attached hydrogen (secondary N) is 2. The predicted octanol–water partition coefficient (Wildman–Crippen LogP) is 1.15. The number of hydrogen-bond acceptors (Lipinski definition) is 6. The molecule has 0 aromatic heterocycles. The number of hydrogen-bond donors (Lipinski definition) is 3. The van der Waals surface area contributed by atoms with Gasteiger partial charge < -0.3 is 14.6 Å². The van der Waals surface area contributed by atoms with Crippen molar-refractivity contribution in [3.8, 4) is 11.5 Å². The number of rotatable bonds is 5. The second-order valence-corrected chi connectivity index (χ2v) is 7.83. The summed E-state index contributed by atoms with van der Waals surface area (Å²) in [6.45, 7) is 3.06. The lowest BCUT2D eigenvalue weighted by molar-refractivity contribution is -0.130. The Morgan fingerprint density at radius 1 is 1.14 bits per heavy atom. The van der Waals surface area contributed by atoms with Gasteiger partial charge in [0.25, 0.3) is 15.9 Å². The highest BCUT2D eigenvalue weighted by atomic mass is 32.2. The summed E-state index contributed by atoms with van der Waals surface area (Å²) >= 11 is 0. The molecule has 0 radical (unpaired) electrons. The standard InChI is InChI=1S/C18H18N2O7S/c1-10-7-12(18(22)23)8-16(11(10)2)28(24,25)20-19-17(21)15-9-26-13-5-3-4-6-14(13)27-15/h3-8,15,20H,9H2,1-2H3,(H,19,21)(H,22,23)/t15-/m0/s1. The molecule has 2 aromatic rings. The van der Waals surface area contributed by atoms with Crippen LogP contribution in [-0.2, 0) is 14.8 Å². The summed E-state index contributed by atoms with van der Waals surface area (Å²) in [5.74, 6) is -1.14. The van der Waals surface area contributed by atoms with Gasteiger partial charge in [0.1, 0.15) is 6.61 Å². The lowest BCUT2D eigenvalue weighted by atomic mass is 10.1. The maximum Gasteiger partial charge on any atom is 0.335 e. The van der Waals surface area contributed by atoms with Crippen molar-refractivity contribution >= 4 is 21.9 Å². The lowest BCUT2D eigenvalue weighted by Gasteiger charge is -2.25. The molecule has 0 saturated heterocycles. The van der Waals surface area contributed by atoms with Crippen molar-refractivity contribution in [2.45, 2.75) is 24.8 Å². The Morgan fingerprint density at radius 3 is 2.50 bits per heavy atom. The number of benzene rings is 2.